The van der Waals surface area contributed by atoms with E-state index in [-0.39, 0.29) is 45.8 Å². The van der Waals surface area contributed by atoms with Crippen LogP contribution < -0.4 is 21.7 Å². The topological polar surface area (TPSA) is 116 Å². The van der Waals surface area contributed by atoms with Gasteiger partial charge in [-0.05, 0) is 49.2 Å². The summed E-state index contributed by atoms with van der Waals surface area (Å²) in [6.45, 7) is 0. The molecule has 0 aliphatic heterocycles. The molecule has 35 heavy (non-hydrogen) atoms. The third-order valence-corrected chi connectivity index (χ3v) is 5.89. The molecule has 0 saturated carbocycles. The summed E-state index contributed by atoms with van der Waals surface area (Å²) in [6.07, 6.45) is 4.17. The molecule has 2 aromatic rings. The monoisotopic (exact) mass is 560 g/mol. The standard InChI is InChI=1S/C23H24Cl4N4O4/c24-14-8-10-16(18(26)12-14)22(34)30-28-20(32)6-4-2-1-3-5-7-21(33)29-31-23(35)17-11-9-15(25)13-19(17)27/h8-13H,1-7H2,(H,28,32)(H,29,33)(H,30,34)(H,31,35). The molecule has 2 rings (SSSR count). The molecule has 0 bridgehead atoms. The van der Waals surface area contributed by atoms with Crippen molar-refractivity contribution in [3.63, 3.8) is 0 Å². The number of benzene rings is 2. The normalized spacial score (nSPS) is 10.4. The first-order valence-electron chi connectivity index (χ1n) is 10.8. The minimum atomic E-state index is -0.536. The second-order valence-corrected chi connectivity index (χ2v) is 9.21. The van der Waals surface area contributed by atoms with E-state index in [0.29, 0.717) is 22.9 Å². The van der Waals surface area contributed by atoms with E-state index in [1.165, 1.54) is 36.4 Å². The molecule has 0 aromatic heterocycles. The molecular formula is C23H24Cl4N4O4. The van der Waals surface area contributed by atoms with Gasteiger partial charge in [0.2, 0.25) is 11.8 Å². The quantitative estimate of drug-likeness (QED) is 0.234. The van der Waals surface area contributed by atoms with Crippen LogP contribution in [0.25, 0.3) is 0 Å². The lowest BCUT2D eigenvalue weighted by Crippen LogP contribution is -2.41. The van der Waals surface area contributed by atoms with Gasteiger partial charge in [-0.2, -0.15) is 0 Å². The number of hydrazine groups is 2. The van der Waals surface area contributed by atoms with Gasteiger partial charge in [0, 0.05) is 22.9 Å². The highest BCUT2D eigenvalue weighted by atomic mass is 35.5. The van der Waals surface area contributed by atoms with E-state index >= 15 is 0 Å². The second kappa shape index (κ2) is 14.8. The average molecular weight is 562 g/mol. The summed E-state index contributed by atoms with van der Waals surface area (Å²) in [5, 5.41) is 1.18. The van der Waals surface area contributed by atoms with Crippen molar-refractivity contribution in [2.75, 3.05) is 0 Å². The van der Waals surface area contributed by atoms with E-state index in [1.807, 2.05) is 0 Å². The van der Waals surface area contributed by atoms with Gasteiger partial charge in [0.05, 0.1) is 21.2 Å². The predicted molar refractivity (Wildman–Crippen MR) is 136 cm³/mol. The van der Waals surface area contributed by atoms with Gasteiger partial charge >= 0.3 is 0 Å². The molecule has 0 heterocycles. The van der Waals surface area contributed by atoms with E-state index < -0.39 is 11.8 Å². The van der Waals surface area contributed by atoms with Gasteiger partial charge in [-0.15, -0.1) is 0 Å². The van der Waals surface area contributed by atoms with Gasteiger partial charge < -0.3 is 0 Å². The first-order valence-corrected chi connectivity index (χ1v) is 12.3. The third-order valence-electron chi connectivity index (χ3n) is 4.79. The van der Waals surface area contributed by atoms with Crippen LogP contribution in [0.3, 0.4) is 0 Å². The first-order chi connectivity index (χ1) is 16.7. The second-order valence-electron chi connectivity index (χ2n) is 7.52. The van der Waals surface area contributed by atoms with Crippen LogP contribution in [0.4, 0.5) is 0 Å². The zero-order valence-electron chi connectivity index (χ0n) is 18.6. The Morgan fingerprint density at radius 2 is 0.914 bits per heavy atom. The van der Waals surface area contributed by atoms with Crippen molar-refractivity contribution in [1.82, 2.24) is 21.7 Å². The summed E-state index contributed by atoms with van der Waals surface area (Å²) in [4.78, 5) is 47.9. The van der Waals surface area contributed by atoms with Crippen molar-refractivity contribution in [3.8, 4) is 0 Å². The first kappa shape index (κ1) is 28.7. The number of halogens is 4. The molecule has 4 amide bonds. The van der Waals surface area contributed by atoms with Gasteiger partial charge in [0.1, 0.15) is 0 Å². The lowest BCUT2D eigenvalue weighted by atomic mass is 10.1. The lowest BCUT2D eigenvalue weighted by molar-refractivity contribution is -0.122. The van der Waals surface area contributed by atoms with Crippen LogP contribution in [0.1, 0.15) is 65.7 Å². The molecule has 4 N–H and O–H groups in total. The molecule has 8 nitrogen and oxygen atoms in total. The van der Waals surface area contributed by atoms with Gasteiger partial charge in [-0.25, -0.2) is 0 Å². The summed E-state index contributed by atoms with van der Waals surface area (Å²) in [6, 6.07) is 8.88. The Morgan fingerprint density at radius 3 is 1.29 bits per heavy atom. The minimum absolute atomic E-state index is 0.186. The Morgan fingerprint density at radius 1 is 0.543 bits per heavy atom. The molecule has 12 heteroatoms. The van der Waals surface area contributed by atoms with E-state index in [9.17, 15) is 19.2 Å². The maximum atomic E-state index is 12.0. The van der Waals surface area contributed by atoms with E-state index in [1.54, 1.807) is 0 Å². The summed E-state index contributed by atoms with van der Waals surface area (Å²) >= 11 is 23.5. The third kappa shape index (κ3) is 10.3. The van der Waals surface area contributed by atoms with Crippen molar-refractivity contribution in [2.45, 2.75) is 44.9 Å². The highest BCUT2D eigenvalue weighted by molar-refractivity contribution is 6.37. The number of rotatable bonds is 10. The highest BCUT2D eigenvalue weighted by Crippen LogP contribution is 2.21. The van der Waals surface area contributed by atoms with Crippen LogP contribution in [-0.2, 0) is 9.59 Å². The largest absolute Gasteiger partial charge is 0.273 e. The molecule has 0 aliphatic rings. The number of amides is 4. The molecule has 0 aliphatic carbocycles. The van der Waals surface area contributed by atoms with Crippen molar-refractivity contribution >= 4 is 70.0 Å². The zero-order chi connectivity index (χ0) is 25.8. The van der Waals surface area contributed by atoms with Crippen molar-refractivity contribution in [3.05, 3.63) is 67.6 Å². The van der Waals surface area contributed by atoms with Crippen LogP contribution >= 0.6 is 46.4 Å². The van der Waals surface area contributed by atoms with Crippen molar-refractivity contribution in [1.29, 1.82) is 0 Å². The van der Waals surface area contributed by atoms with Crippen LogP contribution in [-0.4, -0.2) is 23.6 Å². The summed E-state index contributed by atoms with van der Waals surface area (Å²) < 4.78 is 0. The zero-order valence-corrected chi connectivity index (χ0v) is 21.6. The Bertz CT molecular complexity index is 998. The van der Waals surface area contributed by atoms with Gasteiger partial charge in [-0.1, -0.05) is 65.7 Å². The Hall–Kier alpha value is -2.52. The van der Waals surface area contributed by atoms with E-state index in [4.69, 9.17) is 46.4 Å². The van der Waals surface area contributed by atoms with Gasteiger partial charge in [0.15, 0.2) is 0 Å². The number of unbranched alkanes of at least 4 members (excludes halogenated alkanes) is 4. The van der Waals surface area contributed by atoms with Crippen LogP contribution in [0, 0.1) is 0 Å². The number of nitrogens with one attached hydrogen (secondary N) is 4. The van der Waals surface area contributed by atoms with E-state index in [2.05, 4.69) is 21.7 Å². The van der Waals surface area contributed by atoms with Crippen molar-refractivity contribution in [2.24, 2.45) is 0 Å². The van der Waals surface area contributed by atoms with Crippen LogP contribution in [0.15, 0.2) is 36.4 Å². The average Bonchev–Trinajstić information content (AvgIpc) is 2.80. The molecule has 0 unspecified atom stereocenters. The Kier molecular flexibility index (Phi) is 12.1. The molecule has 0 fully saturated rings. The minimum Gasteiger partial charge on any atom is -0.273 e. The predicted octanol–water partition coefficient (Wildman–Crippen LogP) is 5.25. The summed E-state index contributed by atoms with van der Waals surface area (Å²) in [7, 11) is 0. The Labute approximate surface area is 223 Å². The fraction of sp³-hybridized carbons (Fsp3) is 0.304. The number of hydrogen-bond donors (Lipinski definition) is 4. The molecule has 0 radical (unpaired) electrons. The fourth-order valence-corrected chi connectivity index (χ4v) is 3.95. The molecule has 0 atom stereocenters. The maximum Gasteiger partial charge on any atom is 0.271 e. The number of carbonyl (C=O) groups excluding carboxylic acids is 4. The molecular weight excluding hydrogens is 538 g/mol. The molecule has 0 spiro atoms. The molecule has 0 saturated heterocycles. The van der Waals surface area contributed by atoms with Crippen LogP contribution in [0.5, 0.6) is 0 Å². The maximum absolute atomic E-state index is 12.0. The highest BCUT2D eigenvalue weighted by Gasteiger charge is 2.13. The summed E-state index contributed by atoms with van der Waals surface area (Å²) in [5.74, 6) is -1.71. The fourth-order valence-electron chi connectivity index (χ4n) is 2.96. The van der Waals surface area contributed by atoms with Crippen molar-refractivity contribution < 1.29 is 19.2 Å². The molecule has 188 valence electrons. The molecule has 2 aromatic carbocycles. The Balaban J connectivity index is 1.51. The lowest BCUT2D eigenvalue weighted by Gasteiger charge is -2.09. The van der Waals surface area contributed by atoms with E-state index in [0.717, 1.165) is 19.3 Å². The summed E-state index contributed by atoms with van der Waals surface area (Å²) in [5.41, 5.74) is 9.73. The number of hydrogen-bond acceptors (Lipinski definition) is 4. The smallest absolute Gasteiger partial charge is 0.271 e. The SMILES string of the molecule is O=C(CCCCCCCC(=O)NNC(=O)c1ccc(Cl)cc1Cl)NNC(=O)c1ccc(Cl)cc1Cl. The number of carbonyl (C=O) groups is 4. The van der Waals surface area contributed by atoms with Gasteiger partial charge in [0.25, 0.3) is 11.8 Å². The van der Waals surface area contributed by atoms with Crippen LogP contribution in [0.2, 0.25) is 20.1 Å². The van der Waals surface area contributed by atoms with Gasteiger partial charge in [-0.3, -0.25) is 40.9 Å².